The lowest BCUT2D eigenvalue weighted by Gasteiger charge is -2.22. The normalized spacial score (nSPS) is 13.7. The second-order valence-corrected chi connectivity index (χ2v) is 4.98. The molecule has 2 atom stereocenters. The van der Waals surface area contributed by atoms with Crippen molar-refractivity contribution in [3.8, 4) is 0 Å². The van der Waals surface area contributed by atoms with Gasteiger partial charge in [0.15, 0.2) is 5.78 Å². The number of ketones is 1. The molecule has 2 heteroatoms. The van der Waals surface area contributed by atoms with Gasteiger partial charge in [0.25, 0.3) is 0 Å². The Hall–Kier alpha value is -1.93. The first-order valence-corrected chi connectivity index (χ1v) is 6.88. The van der Waals surface area contributed by atoms with Gasteiger partial charge >= 0.3 is 0 Å². The summed E-state index contributed by atoms with van der Waals surface area (Å²) in [6.45, 7) is 1.94. The minimum Gasteiger partial charge on any atom is -0.380 e. The number of Topliss-reactive ketones (excluding diaryl/α,β-unsaturated/α-hetero) is 1. The summed E-state index contributed by atoms with van der Waals surface area (Å²) < 4.78 is 5.54. The molecule has 0 N–H and O–H groups in total. The molecule has 0 aliphatic heterocycles. The predicted octanol–water partition coefficient (Wildman–Crippen LogP) is 3.76. The Kier molecular flexibility index (Phi) is 5.08. The maximum absolute atomic E-state index is 12.5. The number of ether oxygens (including phenoxy) is 1. The maximum atomic E-state index is 12.5. The SMILES string of the molecule is CO[C@@H](Cc1ccccc1)[C@@H](C)C(=O)c1ccccc1. The molecule has 2 aromatic rings. The van der Waals surface area contributed by atoms with Crippen LogP contribution in [0.5, 0.6) is 0 Å². The van der Waals surface area contributed by atoms with Gasteiger partial charge in [-0.05, 0) is 12.0 Å². The largest absolute Gasteiger partial charge is 0.380 e. The van der Waals surface area contributed by atoms with Crippen molar-refractivity contribution in [2.24, 2.45) is 5.92 Å². The van der Waals surface area contributed by atoms with E-state index in [1.807, 2.05) is 55.5 Å². The van der Waals surface area contributed by atoms with Gasteiger partial charge in [-0.3, -0.25) is 4.79 Å². The Morgan fingerprint density at radius 2 is 1.55 bits per heavy atom. The van der Waals surface area contributed by atoms with Gasteiger partial charge in [0.2, 0.25) is 0 Å². The Bertz CT molecular complexity index is 534. The summed E-state index contributed by atoms with van der Waals surface area (Å²) in [6.07, 6.45) is 0.641. The van der Waals surface area contributed by atoms with Crippen LogP contribution in [0.1, 0.15) is 22.8 Å². The molecule has 0 amide bonds. The Balaban J connectivity index is 2.09. The van der Waals surface area contributed by atoms with Crippen molar-refractivity contribution in [3.05, 3.63) is 71.8 Å². The number of methoxy groups -OCH3 is 1. The molecule has 0 unspecified atom stereocenters. The zero-order chi connectivity index (χ0) is 14.4. The first-order valence-electron chi connectivity index (χ1n) is 6.88. The third kappa shape index (κ3) is 3.55. The fraction of sp³-hybridized carbons (Fsp3) is 0.278. The summed E-state index contributed by atoms with van der Waals surface area (Å²) in [5.41, 5.74) is 1.93. The van der Waals surface area contributed by atoms with Crippen molar-refractivity contribution in [1.29, 1.82) is 0 Å². The third-order valence-corrected chi connectivity index (χ3v) is 3.61. The lowest BCUT2D eigenvalue weighted by atomic mass is 9.90. The fourth-order valence-corrected chi connectivity index (χ4v) is 2.34. The standard InChI is InChI=1S/C18H20O2/c1-14(18(19)16-11-7-4-8-12-16)17(20-2)13-15-9-5-3-6-10-15/h3-12,14,17H,13H2,1-2H3/t14-,17+/m1/s1. The fourth-order valence-electron chi connectivity index (χ4n) is 2.34. The molecule has 0 saturated carbocycles. The zero-order valence-electron chi connectivity index (χ0n) is 12.0. The van der Waals surface area contributed by atoms with Crippen molar-refractivity contribution in [2.45, 2.75) is 19.4 Å². The summed E-state index contributed by atoms with van der Waals surface area (Å²) in [5.74, 6) is -0.0315. The first kappa shape index (κ1) is 14.5. The minimum absolute atomic E-state index is 0.106. The molecule has 2 rings (SSSR count). The molecule has 20 heavy (non-hydrogen) atoms. The van der Waals surface area contributed by atoms with Crippen molar-refractivity contribution >= 4 is 5.78 Å². The molecule has 0 spiro atoms. The van der Waals surface area contributed by atoms with E-state index in [0.717, 1.165) is 12.0 Å². The number of carbonyl (C=O) groups excluding carboxylic acids is 1. The van der Waals surface area contributed by atoms with Crippen LogP contribution < -0.4 is 0 Å². The molecule has 104 valence electrons. The molecule has 2 nitrogen and oxygen atoms in total. The summed E-state index contributed by atoms with van der Waals surface area (Å²) in [4.78, 5) is 12.5. The van der Waals surface area contributed by atoms with Gasteiger partial charge in [-0.25, -0.2) is 0 Å². The van der Waals surface area contributed by atoms with E-state index in [9.17, 15) is 4.79 Å². The number of rotatable bonds is 6. The van der Waals surface area contributed by atoms with E-state index < -0.39 is 0 Å². The van der Waals surface area contributed by atoms with Crippen LogP contribution in [0.4, 0.5) is 0 Å². The van der Waals surface area contributed by atoms with Gasteiger partial charge in [0.05, 0.1) is 6.10 Å². The van der Waals surface area contributed by atoms with Crippen molar-refractivity contribution in [1.82, 2.24) is 0 Å². The second-order valence-electron chi connectivity index (χ2n) is 4.98. The summed E-state index contributed by atoms with van der Waals surface area (Å²) in [5, 5.41) is 0. The average Bonchev–Trinajstić information content (AvgIpc) is 2.53. The average molecular weight is 268 g/mol. The Labute approximate surface area is 120 Å². The monoisotopic (exact) mass is 268 g/mol. The van der Waals surface area contributed by atoms with Crippen molar-refractivity contribution < 1.29 is 9.53 Å². The summed E-state index contributed by atoms with van der Waals surface area (Å²) in [6, 6.07) is 19.5. The van der Waals surface area contributed by atoms with E-state index in [2.05, 4.69) is 12.1 Å². The summed E-state index contributed by atoms with van der Waals surface area (Å²) in [7, 11) is 1.67. The van der Waals surface area contributed by atoms with Crippen LogP contribution >= 0.6 is 0 Å². The van der Waals surface area contributed by atoms with E-state index >= 15 is 0 Å². The van der Waals surface area contributed by atoms with Crippen LogP contribution in [0.25, 0.3) is 0 Å². The van der Waals surface area contributed by atoms with E-state index in [-0.39, 0.29) is 17.8 Å². The Morgan fingerprint density at radius 1 is 1.00 bits per heavy atom. The summed E-state index contributed by atoms with van der Waals surface area (Å²) >= 11 is 0. The topological polar surface area (TPSA) is 26.3 Å². The number of hydrogen-bond acceptors (Lipinski definition) is 2. The highest BCUT2D eigenvalue weighted by molar-refractivity contribution is 5.97. The van der Waals surface area contributed by atoms with Crippen LogP contribution in [0.3, 0.4) is 0 Å². The third-order valence-electron chi connectivity index (χ3n) is 3.61. The van der Waals surface area contributed by atoms with Gasteiger partial charge in [-0.1, -0.05) is 67.6 Å². The van der Waals surface area contributed by atoms with Gasteiger partial charge in [-0.2, -0.15) is 0 Å². The van der Waals surface area contributed by atoms with Gasteiger partial charge in [-0.15, -0.1) is 0 Å². The molecular weight excluding hydrogens is 248 g/mol. The van der Waals surface area contributed by atoms with Crippen LogP contribution in [-0.2, 0) is 11.2 Å². The molecule has 0 fully saturated rings. The highest BCUT2D eigenvalue weighted by Crippen LogP contribution is 2.18. The minimum atomic E-state index is -0.164. The molecule has 0 aliphatic carbocycles. The smallest absolute Gasteiger partial charge is 0.168 e. The molecule has 0 radical (unpaired) electrons. The molecular formula is C18H20O2. The van der Waals surface area contributed by atoms with E-state index in [1.165, 1.54) is 5.56 Å². The highest BCUT2D eigenvalue weighted by atomic mass is 16.5. The van der Waals surface area contributed by atoms with E-state index in [1.54, 1.807) is 7.11 Å². The van der Waals surface area contributed by atoms with Crippen molar-refractivity contribution in [3.63, 3.8) is 0 Å². The van der Waals surface area contributed by atoms with Crippen LogP contribution in [-0.4, -0.2) is 19.0 Å². The molecule has 0 aliphatic rings. The maximum Gasteiger partial charge on any atom is 0.168 e. The van der Waals surface area contributed by atoms with Gasteiger partial charge < -0.3 is 4.74 Å². The number of benzene rings is 2. The zero-order valence-corrected chi connectivity index (χ0v) is 12.0. The predicted molar refractivity (Wildman–Crippen MR) is 80.9 cm³/mol. The molecule has 0 bridgehead atoms. The second kappa shape index (κ2) is 7.01. The van der Waals surface area contributed by atoms with Gasteiger partial charge in [0.1, 0.15) is 0 Å². The van der Waals surface area contributed by atoms with E-state index in [4.69, 9.17) is 4.74 Å². The molecule has 0 heterocycles. The van der Waals surface area contributed by atoms with Crippen LogP contribution in [0, 0.1) is 5.92 Å². The van der Waals surface area contributed by atoms with Crippen molar-refractivity contribution in [2.75, 3.05) is 7.11 Å². The lowest BCUT2D eigenvalue weighted by molar-refractivity contribution is 0.0487. The molecule has 0 saturated heterocycles. The Morgan fingerprint density at radius 3 is 2.10 bits per heavy atom. The lowest BCUT2D eigenvalue weighted by Crippen LogP contribution is -2.29. The molecule has 0 aromatic heterocycles. The van der Waals surface area contributed by atoms with Crippen LogP contribution in [0.15, 0.2) is 60.7 Å². The quantitative estimate of drug-likeness (QED) is 0.746. The van der Waals surface area contributed by atoms with Crippen LogP contribution in [0.2, 0.25) is 0 Å². The van der Waals surface area contributed by atoms with E-state index in [0.29, 0.717) is 0 Å². The molecule has 2 aromatic carbocycles. The number of hydrogen-bond donors (Lipinski definition) is 0. The number of carbonyl (C=O) groups is 1. The van der Waals surface area contributed by atoms with Gasteiger partial charge in [0, 0.05) is 18.6 Å². The first-order chi connectivity index (χ1) is 9.72. The highest BCUT2D eigenvalue weighted by Gasteiger charge is 2.24.